The van der Waals surface area contributed by atoms with Crippen LogP contribution in [0.3, 0.4) is 0 Å². The summed E-state index contributed by atoms with van der Waals surface area (Å²) in [5.41, 5.74) is 3.07. The molecule has 1 N–H and O–H groups in total. The summed E-state index contributed by atoms with van der Waals surface area (Å²) in [6.45, 7) is 6.90. The summed E-state index contributed by atoms with van der Waals surface area (Å²) in [6, 6.07) is 9.31. The van der Waals surface area contributed by atoms with Crippen molar-refractivity contribution < 1.29 is 19.0 Å². The lowest BCUT2D eigenvalue weighted by atomic mass is 9.98. The van der Waals surface area contributed by atoms with Crippen LogP contribution in [0.4, 0.5) is 5.69 Å². The predicted molar refractivity (Wildman–Crippen MR) is 114 cm³/mol. The van der Waals surface area contributed by atoms with E-state index in [1.165, 1.54) is 11.1 Å². The summed E-state index contributed by atoms with van der Waals surface area (Å²) < 4.78 is 16.6. The van der Waals surface area contributed by atoms with Crippen LogP contribution in [0.5, 0.6) is 17.2 Å². The average molecular weight is 419 g/mol. The Morgan fingerprint density at radius 3 is 2.38 bits per heavy atom. The lowest BCUT2D eigenvalue weighted by Crippen LogP contribution is -2.37. The first-order valence-electron chi connectivity index (χ1n) is 9.81. The van der Waals surface area contributed by atoms with Crippen molar-refractivity contribution in [2.24, 2.45) is 0 Å². The van der Waals surface area contributed by atoms with Gasteiger partial charge in [0.1, 0.15) is 5.75 Å². The zero-order valence-corrected chi connectivity index (χ0v) is 17.8. The molecule has 1 amide bonds. The summed E-state index contributed by atoms with van der Waals surface area (Å²) in [5, 5.41) is 3.36. The highest BCUT2D eigenvalue weighted by Crippen LogP contribution is 2.34. The smallest absolute Gasteiger partial charge is 0.238 e. The maximum absolute atomic E-state index is 12.5. The Bertz CT molecular complexity index is 872. The Balaban J connectivity index is 1.65. The average Bonchev–Trinajstić information content (AvgIpc) is 2.69. The molecule has 1 aliphatic rings. The van der Waals surface area contributed by atoms with Gasteiger partial charge in [0.2, 0.25) is 5.91 Å². The van der Waals surface area contributed by atoms with Gasteiger partial charge in [0.15, 0.2) is 11.5 Å². The van der Waals surface area contributed by atoms with Gasteiger partial charge in [-0.2, -0.15) is 0 Å². The van der Waals surface area contributed by atoms with Crippen molar-refractivity contribution in [2.75, 3.05) is 38.7 Å². The van der Waals surface area contributed by atoms with Crippen LogP contribution >= 0.6 is 11.6 Å². The molecule has 0 fully saturated rings. The molecular formula is C22H27ClN2O4. The quantitative estimate of drug-likeness (QED) is 0.698. The van der Waals surface area contributed by atoms with Crippen LogP contribution in [0, 0.1) is 0 Å². The van der Waals surface area contributed by atoms with E-state index in [1.54, 1.807) is 25.3 Å². The second kappa shape index (κ2) is 9.85. The number of fused-ring (bicyclic) bond motifs is 1. The first-order chi connectivity index (χ1) is 14.0. The van der Waals surface area contributed by atoms with Gasteiger partial charge in [-0.25, -0.2) is 0 Å². The topological polar surface area (TPSA) is 60.0 Å². The Morgan fingerprint density at radius 2 is 1.76 bits per heavy atom. The zero-order valence-electron chi connectivity index (χ0n) is 17.1. The molecule has 2 aromatic rings. The van der Waals surface area contributed by atoms with Crippen LogP contribution in [-0.4, -0.2) is 44.2 Å². The Morgan fingerprint density at radius 1 is 1.07 bits per heavy atom. The van der Waals surface area contributed by atoms with Gasteiger partial charge in [0.25, 0.3) is 0 Å². The monoisotopic (exact) mass is 418 g/mol. The fourth-order valence-corrected chi connectivity index (χ4v) is 3.70. The number of rotatable bonds is 8. The zero-order chi connectivity index (χ0) is 20.8. The third-order valence-electron chi connectivity index (χ3n) is 4.76. The van der Waals surface area contributed by atoms with Crippen molar-refractivity contribution in [1.29, 1.82) is 0 Å². The molecule has 6 nitrogen and oxygen atoms in total. The largest absolute Gasteiger partial charge is 0.495 e. The summed E-state index contributed by atoms with van der Waals surface area (Å²) in [5.74, 6) is 2.04. The van der Waals surface area contributed by atoms with Crippen LogP contribution < -0.4 is 19.5 Å². The van der Waals surface area contributed by atoms with E-state index in [4.69, 9.17) is 25.8 Å². The SMILES string of the molecule is CCOc1cc2c(cc1OCC)CN(CC(=O)Nc1ccc(OC)c(Cl)c1)CC2. The number of methoxy groups -OCH3 is 1. The van der Waals surface area contributed by atoms with Crippen LogP contribution in [-0.2, 0) is 17.8 Å². The minimum Gasteiger partial charge on any atom is -0.495 e. The molecule has 0 radical (unpaired) electrons. The van der Waals surface area contributed by atoms with Gasteiger partial charge in [0, 0.05) is 18.8 Å². The van der Waals surface area contributed by atoms with Crippen molar-refractivity contribution in [3.63, 3.8) is 0 Å². The van der Waals surface area contributed by atoms with E-state index in [1.807, 2.05) is 19.9 Å². The predicted octanol–water partition coefficient (Wildman–Crippen LogP) is 4.14. The second-order valence-corrected chi connectivity index (χ2v) is 7.20. The van der Waals surface area contributed by atoms with Gasteiger partial charge in [-0.05, 0) is 61.7 Å². The first-order valence-corrected chi connectivity index (χ1v) is 10.2. The molecule has 0 aromatic heterocycles. The van der Waals surface area contributed by atoms with E-state index in [9.17, 15) is 4.79 Å². The van der Waals surface area contributed by atoms with Crippen molar-refractivity contribution in [1.82, 2.24) is 4.90 Å². The normalized spacial score (nSPS) is 13.5. The molecule has 2 aromatic carbocycles. The molecule has 0 saturated heterocycles. The molecule has 0 bridgehead atoms. The number of hydrogen-bond donors (Lipinski definition) is 1. The Kier molecular flexibility index (Phi) is 7.23. The number of benzene rings is 2. The molecule has 0 aliphatic carbocycles. The number of halogens is 1. The molecule has 7 heteroatoms. The molecule has 1 aliphatic heterocycles. The van der Waals surface area contributed by atoms with Crippen molar-refractivity contribution in [3.8, 4) is 17.2 Å². The number of anilines is 1. The molecule has 0 unspecified atom stereocenters. The van der Waals surface area contributed by atoms with Gasteiger partial charge in [-0.1, -0.05) is 11.6 Å². The molecule has 3 rings (SSSR count). The summed E-state index contributed by atoms with van der Waals surface area (Å²) >= 11 is 6.13. The summed E-state index contributed by atoms with van der Waals surface area (Å²) in [7, 11) is 1.56. The van der Waals surface area contributed by atoms with Crippen molar-refractivity contribution in [2.45, 2.75) is 26.8 Å². The van der Waals surface area contributed by atoms with Crippen LogP contribution in [0.25, 0.3) is 0 Å². The fraction of sp³-hybridized carbons (Fsp3) is 0.409. The van der Waals surface area contributed by atoms with E-state index < -0.39 is 0 Å². The van der Waals surface area contributed by atoms with E-state index in [-0.39, 0.29) is 5.91 Å². The molecule has 29 heavy (non-hydrogen) atoms. The standard InChI is InChI=1S/C22H27ClN2O4/c1-4-28-20-10-15-8-9-25(13-16(15)11-21(20)29-5-2)14-22(26)24-17-6-7-19(27-3)18(23)12-17/h6-7,10-12H,4-5,8-9,13-14H2,1-3H3,(H,24,26). The molecule has 0 saturated carbocycles. The Labute approximate surface area is 176 Å². The molecule has 156 valence electrons. The molecule has 0 spiro atoms. The van der Waals surface area contributed by atoms with Gasteiger partial charge in [0.05, 0.1) is 31.9 Å². The number of ether oxygens (including phenoxy) is 3. The third-order valence-corrected chi connectivity index (χ3v) is 5.06. The van der Waals surface area contributed by atoms with Crippen LogP contribution in [0.15, 0.2) is 30.3 Å². The maximum Gasteiger partial charge on any atom is 0.238 e. The van der Waals surface area contributed by atoms with Crippen molar-refractivity contribution >= 4 is 23.2 Å². The number of carbonyl (C=O) groups is 1. The number of nitrogens with zero attached hydrogens (tertiary/aromatic N) is 1. The molecular weight excluding hydrogens is 392 g/mol. The highest BCUT2D eigenvalue weighted by Gasteiger charge is 2.21. The number of nitrogens with one attached hydrogen (secondary N) is 1. The summed E-state index contributed by atoms with van der Waals surface area (Å²) in [4.78, 5) is 14.6. The first kappa shape index (κ1) is 21.3. The highest BCUT2D eigenvalue weighted by molar-refractivity contribution is 6.32. The summed E-state index contributed by atoms with van der Waals surface area (Å²) in [6.07, 6.45) is 0.865. The van der Waals surface area contributed by atoms with Gasteiger partial charge in [-0.3, -0.25) is 9.69 Å². The number of amides is 1. The Hall–Kier alpha value is -2.44. The van der Waals surface area contributed by atoms with Crippen LogP contribution in [0.1, 0.15) is 25.0 Å². The van der Waals surface area contributed by atoms with E-state index in [2.05, 4.69) is 16.3 Å². The molecule has 0 atom stereocenters. The lowest BCUT2D eigenvalue weighted by Gasteiger charge is -2.29. The van der Waals surface area contributed by atoms with E-state index in [0.717, 1.165) is 24.5 Å². The van der Waals surface area contributed by atoms with Crippen LogP contribution in [0.2, 0.25) is 5.02 Å². The van der Waals surface area contributed by atoms with E-state index >= 15 is 0 Å². The highest BCUT2D eigenvalue weighted by atomic mass is 35.5. The van der Waals surface area contributed by atoms with Gasteiger partial charge in [-0.15, -0.1) is 0 Å². The van der Waals surface area contributed by atoms with Gasteiger partial charge >= 0.3 is 0 Å². The van der Waals surface area contributed by atoms with E-state index in [0.29, 0.717) is 42.8 Å². The lowest BCUT2D eigenvalue weighted by molar-refractivity contribution is -0.117. The van der Waals surface area contributed by atoms with Gasteiger partial charge < -0.3 is 19.5 Å². The third kappa shape index (κ3) is 5.34. The number of carbonyl (C=O) groups excluding carboxylic acids is 1. The minimum atomic E-state index is -0.0781. The minimum absolute atomic E-state index is 0.0781. The number of hydrogen-bond acceptors (Lipinski definition) is 5. The maximum atomic E-state index is 12.5. The molecule has 1 heterocycles. The van der Waals surface area contributed by atoms with Crippen molar-refractivity contribution in [3.05, 3.63) is 46.5 Å². The fourth-order valence-electron chi connectivity index (χ4n) is 3.44. The second-order valence-electron chi connectivity index (χ2n) is 6.79.